The predicted octanol–water partition coefficient (Wildman–Crippen LogP) is 1.38. The molecule has 1 aromatic rings. The van der Waals surface area contributed by atoms with Gasteiger partial charge in [0.15, 0.2) is 0 Å². The number of carbonyl (C=O) groups is 1. The number of rotatable bonds is 6. The Bertz CT molecular complexity index is 436. The number of methoxy groups -OCH3 is 1. The smallest absolute Gasteiger partial charge is 0.354 e. The quantitative estimate of drug-likeness (QED) is 0.763. The van der Waals surface area contributed by atoms with E-state index in [9.17, 15) is 4.79 Å². The molecule has 0 spiro atoms. The first-order valence-corrected chi connectivity index (χ1v) is 6.72. The average molecular weight is 265 g/mol. The fourth-order valence-electron chi connectivity index (χ4n) is 2.57. The Morgan fingerprint density at radius 2 is 2.21 bits per heavy atom. The summed E-state index contributed by atoms with van der Waals surface area (Å²) in [5, 5.41) is 3.47. The molecule has 0 saturated heterocycles. The highest BCUT2D eigenvalue weighted by atomic mass is 16.5. The van der Waals surface area contributed by atoms with Crippen molar-refractivity contribution in [1.29, 1.82) is 0 Å². The lowest BCUT2D eigenvalue weighted by Crippen LogP contribution is -2.56. The number of H-pyrrole nitrogens is 1. The number of nitrogens with one attached hydrogen (secondary N) is 2. The molecule has 2 rings (SSSR count). The van der Waals surface area contributed by atoms with Gasteiger partial charge in [0.05, 0.1) is 7.11 Å². The van der Waals surface area contributed by atoms with E-state index in [4.69, 9.17) is 0 Å². The van der Waals surface area contributed by atoms with E-state index in [2.05, 4.69) is 34.0 Å². The number of nitrogens with zero attached hydrogens (tertiary/aromatic N) is 1. The standard InChI is InChI=1S/C14H23N3O2/c1-17(2)14(7-4-8-14)10-15-9-11-5-6-12(16-11)13(18)19-3/h5-6,15-16H,4,7-10H2,1-3H3. The van der Waals surface area contributed by atoms with Crippen LogP contribution >= 0.6 is 0 Å². The molecule has 0 atom stereocenters. The van der Waals surface area contributed by atoms with E-state index in [1.54, 1.807) is 6.07 Å². The molecule has 0 amide bonds. The first kappa shape index (κ1) is 14.1. The third kappa shape index (κ3) is 2.98. The highest BCUT2D eigenvalue weighted by Crippen LogP contribution is 2.35. The van der Waals surface area contributed by atoms with Gasteiger partial charge in [-0.3, -0.25) is 0 Å². The summed E-state index contributed by atoms with van der Waals surface area (Å²) >= 11 is 0. The molecule has 0 bridgehead atoms. The van der Waals surface area contributed by atoms with Crippen molar-refractivity contribution in [3.05, 3.63) is 23.5 Å². The monoisotopic (exact) mass is 265 g/mol. The number of ether oxygens (including phenoxy) is 1. The Morgan fingerprint density at radius 3 is 2.74 bits per heavy atom. The van der Waals surface area contributed by atoms with Crippen LogP contribution in [0.4, 0.5) is 0 Å². The van der Waals surface area contributed by atoms with Gasteiger partial charge in [-0.25, -0.2) is 4.79 Å². The van der Waals surface area contributed by atoms with Crippen LogP contribution < -0.4 is 5.32 Å². The molecule has 1 fully saturated rings. The molecule has 1 saturated carbocycles. The molecule has 0 aromatic carbocycles. The number of esters is 1. The van der Waals surface area contributed by atoms with Gasteiger partial charge in [-0.05, 0) is 45.5 Å². The predicted molar refractivity (Wildman–Crippen MR) is 74.1 cm³/mol. The molecule has 5 heteroatoms. The largest absolute Gasteiger partial charge is 0.464 e. The van der Waals surface area contributed by atoms with Crippen LogP contribution in [0.1, 0.15) is 35.4 Å². The maximum absolute atomic E-state index is 11.3. The molecular weight excluding hydrogens is 242 g/mol. The van der Waals surface area contributed by atoms with Crippen molar-refractivity contribution in [2.45, 2.75) is 31.3 Å². The van der Waals surface area contributed by atoms with Gasteiger partial charge in [-0.15, -0.1) is 0 Å². The summed E-state index contributed by atoms with van der Waals surface area (Å²) in [4.78, 5) is 16.7. The van der Waals surface area contributed by atoms with Crippen LogP contribution in [0.3, 0.4) is 0 Å². The molecule has 1 aliphatic carbocycles. The molecule has 19 heavy (non-hydrogen) atoms. The molecule has 106 valence electrons. The second-order valence-electron chi connectivity index (χ2n) is 5.46. The molecule has 1 aromatic heterocycles. The van der Waals surface area contributed by atoms with Crippen molar-refractivity contribution in [2.75, 3.05) is 27.7 Å². The highest BCUT2D eigenvalue weighted by molar-refractivity contribution is 5.87. The molecule has 5 nitrogen and oxygen atoms in total. The third-order valence-electron chi connectivity index (χ3n) is 4.15. The summed E-state index contributed by atoms with van der Waals surface area (Å²) in [6.45, 7) is 1.72. The van der Waals surface area contributed by atoms with Crippen LogP contribution in [-0.4, -0.2) is 49.1 Å². The second kappa shape index (κ2) is 5.75. The Labute approximate surface area is 114 Å². The first-order chi connectivity index (χ1) is 9.07. The molecular formula is C14H23N3O2. The number of likely N-dealkylation sites (N-methyl/N-ethyl adjacent to an activating group) is 1. The van der Waals surface area contributed by atoms with Crippen molar-refractivity contribution in [3.63, 3.8) is 0 Å². The van der Waals surface area contributed by atoms with Crippen molar-refractivity contribution >= 4 is 5.97 Å². The Morgan fingerprint density at radius 1 is 1.47 bits per heavy atom. The number of hydrogen-bond acceptors (Lipinski definition) is 4. The minimum atomic E-state index is -0.324. The molecule has 1 aliphatic rings. The molecule has 0 radical (unpaired) electrons. The Kier molecular flexibility index (Phi) is 4.27. The van der Waals surface area contributed by atoms with Gasteiger partial charge in [0.1, 0.15) is 5.69 Å². The summed E-state index contributed by atoms with van der Waals surface area (Å²) in [6, 6.07) is 3.68. The zero-order chi connectivity index (χ0) is 13.9. The summed E-state index contributed by atoms with van der Waals surface area (Å²) in [5.74, 6) is -0.324. The number of aromatic nitrogens is 1. The third-order valence-corrected chi connectivity index (χ3v) is 4.15. The molecule has 0 unspecified atom stereocenters. The van der Waals surface area contributed by atoms with Gasteiger partial charge in [-0.1, -0.05) is 0 Å². The minimum absolute atomic E-state index is 0.317. The van der Waals surface area contributed by atoms with Crippen molar-refractivity contribution in [2.24, 2.45) is 0 Å². The Balaban J connectivity index is 1.82. The fraction of sp³-hybridized carbons (Fsp3) is 0.643. The number of carbonyl (C=O) groups excluding carboxylic acids is 1. The van der Waals surface area contributed by atoms with Crippen LogP contribution in [0.15, 0.2) is 12.1 Å². The molecule has 1 heterocycles. The first-order valence-electron chi connectivity index (χ1n) is 6.72. The minimum Gasteiger partial charge on any atom is -0.464 e. The van der Waals surface area contributed by atoms with Crippen molar-refractivity contribution < 1.29 is 9.53 Å². The van der Waals surface area contributed by atoms with Gasteiger partial charge in [0.25, 0.3) is 0 Å². The summed E-state index contributed by atoms with van der Waals surface area (Å²) < 4.78 is 4.67. The van der Waals surface area contributed by atoms with Gasteiger partial charge in [0, 0.05) is 24.3 Å². The molecule has 2 N–H and O–H groups in total. The van der Waals surface area contributed by atoms with Crippen LogP contribution in [0, 0.1) is 0 Å². The normalized spacial score (nSPS) is 17.3. The summed E-state index contributed by atoms with van der Waals surface area (Å²) in [5.41, 5.74) is 1.83. The van der Waals surface area contributed by atoms with E-state index in [0.29, 0.717) is 11.2 Å². The van der Waals surface area contributed by atoms with Crippen molar-refractivity contribution in [1.82, 2.24) is 15.2 Å². The van der Waals surface area contributed by atoms with E-state index in [1.807, 2.05) is 6.07 Å². The second-order valence-corrected chi connectivity index (χ2v) is 5.46. The zero-order valence-electron chi connectivity index (χ0n) is 12.0. The van der Waals surface area contributed by atoms with Crippen LogP contribution in [0.25, 0.3) is 0 Å². The maximum atomic E-state index is 11.3. The van der Waals surface area contributed by atoms with E-state index in [-0.39, 0.29) is 5.97 Å². The number of hydrogen-bond donors (Lipinski definition) is 2. The van der Waals surface area contributed by atoms with Gasteiger partial charge in [0.2, 0.25) is 0 Å². The van der Waals surface area contributed by atoms with Gasteiger partial charge in [-0.2, -0.15) is 0 Å². The zero-order valence-corrected chi connectivity index (χ0v) is 12.0. The molecule has 0 aliphatic heterocycles. The lowest BCUT2D eigenvalue weighted by molar-refractivity contribution is 0.0590. The van der Waals surface area contributed by atoms with Crippen LogP contribution in [0.5, 0.6) is 0 Å². The summed E-state index contributed by atoms with van der Waals surface area (Å²) in [6.07, 6.45) is 3.82. The van der Waals surface area contributed by atoms with Gasteiger partial charge >= 0.3 is 5.97 Å². The SMILES string of the molecule is COC(=O)c1ccc(CNCC2(N(C)C)CCC2)[nH]1. The fourth-order valence-corrected chi connectivity index (χ4v) is 2.57. The van der Waals surface area contributed by atoms with Crippen LogP contribution in [0.2, 0.25) is 0 Å². The van der Waals surface area contributed by atoms with E-state index >= 15 is 0 Å². The van der Waals surface area contributed by atoms with Crippen LogP contribution in [-0.2, 0) is 11.3 Å². The summed E-state index contributed by atoms with van der Waals surface area (Å²) in [7, 11) is 5.67. The van der Waals surface area contributed by atoms with E-state index in [0.717, 1.165) is 18.8 Å². The lowest BCUT2D eigenvalue weighted by atomic mass is 9.75. The topological polar surface area (TPSA) is 57.4 Å². The van der Waals surface area contributed by atoms with Gasteiger partial charge < -0.3 is 19.9 Å². The maximum Gasteiger partial charge on any atom is 0.354 e. The Hall–Kier alpha value is -1.33. The average Bonchev–Trinajstić information content (AvgIpc) is 2.79. The van der Waals surface area contributed by atoms with E-state index in [1.165, 1.54) is 26.4 Å². The lowest BCUT2D eigenvalue weighted by Gasteiger charge is -2.47. The number of aromatic amines is 1. The highest BCUT2D eigenvalue weighted by Gasteiger charge is 2.38. The van der Waals surface area contributed by atoms with Crippen molar-refractivity contribution in [3.8, 4) is 0 Å². The van der Waals surface area contributed by atoms with E-state index < -0.39 is 0 Å².